The number of hydrogen-bond donors (Lipinski definition) is 1. The molecule has 144 valence electrons. The van der Waals surface area contributed by atoms with Crippen molar-refractivity contribution in [1.29, 1.82) is 0 Å². The van der Waals surface area contributed by atoms with E-state index in [9.17, 15) is 18.5 Å². The van der Waals surface area contributed by atoms with E-state index in [1.165, 1.54) is 30.7 Å². The fourth-order valence-electron chi connectivity index (χ4n) is 2.65. The van der Waals surface area contributed by atoms with Crippen molar-refractivity contribution in [2.24, 2.45) is 0 Å². The second kappa shape index (κ2) is 8.20. The van der Waals surface area contributed by atoms with E-state index in [4.69, 9.17) is 4.42 Å². The minimum absolute atomic E-state index is 0.0324. The fraction of sp³-hybridized carbons (Fsp3) is 0.100. The summed E-state index contributed by atoms with van der Waals surface area (Å²) in [5, 5.41) is 11.8. The highest BCUT2D eigenvalue weighted by molar-refractivity contribution is 7.89. The van der Waals surface area contributed by atoms with Crippen molar-refractivity contribution in [3.8, 4) is 0 Å². The van der Waals surface area contributed by atoms with E-state index in [1.54, 1.807) is 48.5 Å². The Morgan fingerprint density at radius 3 is 2.36 bits per heavy atom. The topological polar surface area (TPSA) is 102 Å². The van der Waals surface area contributed by atoms with Gasteiger partial charge in [-0.2, -0.15) is 4.72 Å². The van der Waals surface area contributed by atoms with Gasteiger partial charge in [0, 0.05) is 11.6 Å². The number of nitro groups is 1. The van der Waals surface area contributed by atoms with Crippen molar-refractivity contribution in [3.63, 3.8) is 0 Å². The van der Waals surface area contributed by atoms with Crippen molar-refractivity contribution in [3.05, 3.63) is 106 Å². The highest BCUT2D eigenvalue weighted by Gasteiger charge is 2.31. The van der Waals surface area contributed by atoms with Crippen LogP contribution >= 0.6 is 0 Å². The van der Waals surface area contributed by atoms with Gasteiger partial charge in [-0.15, -0.1) is 0 Å². The maximum absolute atomic E-state index is 12.9. The van der Waals surface area contributed by atoms with E-state index in [0.717, 1.165) is 5.56 Å². The van der Waals surface area contributed by atoms with Gasteiger partial charge in [-0.05, 0) is 30.7 Å². The lowest BCUT2D eigenvalue weighted by Gasteiger charge is -2.17. The van der Waals surface area contributed by atoms with Crippen molar-refractivity contribution >= 4 is 16.1 Å². The van der Waals surface area contributed by atoms with Gasteiger partial charge in [-0.3, -0.25) is 10.1 Å². The van der Waals surface area contributed by atoms with Crippen LogP contribution in [0.25, 0.3) is 6.08 Å². The van der Waals surface area contributed by atoms with Crippen molar-refractivity contribution in [2.75, 3.05) is 0 Å². The predicted molar refractivity (Wildman–Crippen MR) is 104 cm³/mol. The fourth-order valence-corrected chi connectivity index (χ4v) is 3.85. The molecule has 0 bridgehead atoms. The number of nitrogens with one attached hydrogen (secondary N) is 1. The maximum atomic E-state index is 12.9. The van der Waals surface area contributed by atoms with Gasteiger partial charge < -0.3 is 4.42 Å². The second-order valence-electron chi connectivity index (χ2n) is 6.16. The molecule has 1 atom stereocenters. The van der Waals surface area contributed by atoms with Crippen LogP contribution in [0.15, 0.2) is 88.2 Å². The molecule has 3 aromatic rings. The number of rotatable bonds is 7. The zero-order chi connectivity index (χ0) is 20.1. The summed E-state index contributed by atoms with van der Waals surface area (Å²) >= 11 is 0. The number of benzene rings is 2. The van der Waals surface area contributed by atoms with E-state index in [1.807, 2.05) is 6.92 Å². The second-order valence-corrected chi connectivity index (χ2v) is 7.88. The van der Waals surface area contributed by atoms with Crippen molar-refractivity contribution in [1.82, 2.24) is 4.72 Å². The number of furan rings is 1. The molecule has 0 amide bonds. The third-order valence-corrected chi connectivity index (χ3v) is 5.54. The van der Waals surface area contributed by atoms with Crippen LogP contribution in [-0.2, 0) is 10.0 Å². The van der Waals surface area contributed by atoms with Crippen LogP contribution in [0, 0.1) is 17.0 Å². The van der Waals surface area contributed by atoms with Crippen molar-refractivity contribution in [2.45, 2.75) is 17.9 Å². The molecule has 0 aliphatic rings. The highest BCUT2D eigenvalue weighted by atomic mass is 32.2. The molecular weight excluding hydrogens is 380 g/mol. The van der Waals surface area contributed by atoms with Crippen LogP contribution in [0.2, 0.25) is 0 Å². The van der Waals surface area contributed by atoms with E-state index < -0.39 is 21.0 Å². The first-order valence-electron chi connectivity index (χ1n) is 8.39. The third kappa shape index (κ3) is 4.54. The first-order chi connectivity index (χ1) is 13.4. The van der Waals surface area contributed by atoms with Crippen LogP contribution in [0.4, 0.5) is 0 Å². The summed E-state index contributed by atoms with van der Waals surface area (Å²) in [5.74, 6) is 0. The van der Waals surface area contributed by atoms with Gasteiger partial charge in [-0.1, -0.05) is 48.0 Å². The molecule has 0 aliphatic carbocycles. The molecule has 28 heavy (non-hydrogen) atoms. The molecule has 1 N–H and O–H groups in total. The van der Waals surface area contributed by atoms with Gasteiger partial charge in [-0.25, -0.2) is 8.42 Å². The Morgan fingerprint density at radius 1 is 1.11 bits per heavy atom. The van der Waals surface area contributed by atoms with Gasteiger partial charge in [0.2, 0.25) is 10.0 Å². The summed E-state index contributed by atoms with van der Waals surface area (Å²) in [7, 11) is -4.00. The van der Waals surface area contributed by atoms with Gasteiger partial charge >= 0.3 is 0 Å². The normalized spacial score (nSPS) is 13.2. The van der Waals surface area contributed by atoms with Gasteiger partial charge in [0.1, 0.15) is 6.04 Å². The summed E-state index contributed by atoms with van der Waals surface area (Å²) in [6, 6.07) is 15.0. The molecule has 1 unspecified atom stereocenters. The molecule has 0 fully saturated rings. The highest BCUT2D eigenvalue weighted by Crippen LogP contribution is 2.27. The van der Waals surface area contributed by atoms with Crippen LogP contribution < -0.4 is 4.72 Å². The first kappa shape index (κ1) is 19.5. The van der Waals surface area contributed by atoms with Crippen molar-refractivity contribution < 1.29 is 17.8 Å². The molecular formula is C20H18N2O5S. The van der Waals surface area contributed by atoms with Crippen LogP contribution in [-0.4, -0.2) is 13.3 Å². The van der Waals surface area contributed by atoms with E-state index in [2.05, 4.69) is 4.72 Å². The van der Waals surface area contributed by atoms with E-state index in [-0.39, 0.29) is 10.6 Å². The average molecular weight is 398 g/mol. The summed E-state index contributed by atoms with van der Waals surface area (Å²) < 4.78 is 33.2. The van der Waals surface area contributed by atoms with Crippen LogP contribution in [0.5, 0.6) is 0 Å². The minimum Gasteiger partial charge on any atom is -0.472 e. The van der Waals surface area contributed by atoms with Crippen LogP contribution in [0.3, 0.4) is 0 Å². The summed E-state index contributed by atoms with van der Waals surface area (Å²) in [4.78, 5) is 11.2. The SMILES string of the molecule is Cc1ccc(S(=O)(=O)NC(/C(=C/c2ccoc2)[N+](=O)[O-])c2ccccc2)cc1. The number of aryl methyl sites for hydroxylation is 1. The Labute approximate surface area is 162 Å². The largest absolute Gasteiger partial charge is 0.472 e. The lowest BCUT2D eigenvalue weighted by atomic mass is 10.0. The number of hydrogen-bond acceptors (Lipinski definition) is 5. The summed E-state index contributed by atoms with van der Waals surface area (Å²) in [6.45, 7) is 1.84. The molecule has 0 aliphatic heterocycles. The molecule has 8 heteroatoms. The van der Waals surface area contributed by atoms with Crippen LogP contribution in [0.1, 0.15) is 22.7 Å². The molecule has 7 nitrogen and oxygen atoms in total. The minimum atomic E-state index is -4.00. The number of nitrogens with zero attached hydrogens (tertiary/aromatic N) is 1. The molecule has 1 heterocycles. The Morgan fingerprint density at radius 2 is 1.79 bits per heavy atom. The molecule has 2 aromatic carbocycles. The van der Waals surface area contributed by atoms with E-state index >= 15 is 0 Å². The molecule has 1 aromatic heterocycles. The molecule has 0 spiro atoms. The molecule has 0 saturated carbocycles. The quantitative estimate of drug-likeness (QED) is 0.480. The zero-order valence-corrected chi connectivity index (χ0v) is 15.8. The summed E-state index contributed by atoms with van der Waals surface area (Å²) in [6.07, 6.45) is 4.02. The smallest absolute Gasteiger partial charge is 0.269 e. The summed E-state index contributed by atoms with van der Waals surface area (Å²) in [5.41, 5.74) is 1.50. The Hall–Kier alpha value is -3.23. The maximum Gasteiger partial charge on any atom is 0.269 e. The first-order valence-corrected chi connectivity index (χ1v) is 9.87. The standard InChI is InChI=1S/C20H18N2O5S/c1-15-7-9-18(10-8-15)28(25,26)21-20(17-5-3-2-4-6-17)19(22(23)24)13-16-11-12-27-14-16/h2-14,20-21H,1H3/b19-13-. The lowest BCUT2D eigenvalue weighted by Crippen LogP contribution is -2.32. The van der Waals surface area contributed by atoms with Gasteiger partial charge in [0.15, 0.2) is 0 Å². The zero-order valence-electron chi connectivity index (χ0n) is 15.0. The van der Waals surface area contributed by atoms with E-state index in [0.29, 0.717) is 11.1 Å². The molecule has 0 saturated heterocycles. The Kier molecular flexibility index (Phi) is 5.72. The average Bonchev–Trinajstić information content (AvgIpc) is 3.19. The number of sulfonamides is 1. The Balaban J connectivity index is 2.07. The molecule has 3 rings (SSSR count). The molecule has 0 radical (unpaired) electrons. The monoisotopic (exact) mass is 398 g/mol. The lowest BCUT2D eigenvalue weighted by molar-refractivity contribution is -0.429. The van der Waals surface area contributed by atoms with Gasteiger partial charge in [0.25, 0.3) is 5.70 Å². The predicted octanol–water partition coefficient (Wildman–Crippen LogP) is 3.93. The van der Waals surface area contributed by atoms with Gasteiger partial charge in [0.05, 0.1) is 22.3 Å². The third-order valence-electron chi connectivity index (χ3n) is 4.10. The Bertz CT molecular complexity index is 1070.